The fourth-order valence-corrected chi connectivity index (χ4v) is 5.87. The molecule has 2 saturated carbocycles. The first kappa shape index (κ1) is 17.3. The molecule has 3 fully saturated rings. The van der Waals surface area contributed by atoms with Crippen LogP contribution in [0.2, 0.25) is 0 Å². The highest BCUT2D eigenvalue weighted by Gasteiger charge is 2.46. The van der Waals surface area contributed by atoms with Crippen molar-refractivity contribution < 1.29 is 4.74 Å². The zero-order valence-corrected chi connectivity index (χ0v) is 16.4. The van der Waals surface area contributed by atoms with E-state index in [-0.39, 0.29) is 0 Å². The number of fused-ring (bicyclic) bond motifs is 2. The number of likely N-dealkylation sites (tertiary alicyclic amines) is 1. The van der Waals surface area contributed by atoms with Gasteiger partial charge >= 0.3 is 0 Å². The fraction of sp³-hybridized carbons (Fsp3) is 0.520. The van der Waals surface area contributed by atoms with Crippen LogP contribution in [0.15, 0.2) is 54.6 Å². The Morgan fingerprint density at radius 3 is 2.81 bits per heavy atom. The monoisotopic (exact) mass is 361 g/mol. The summed E-state index contributed by atoms with van der Waals surface area (Å²) in [6.45, 7) is 2.57. The number of nitrogens with zero attached hydrogens (tertiary/aromatic N) is 1. The van der Waals surface area contributed by atoms with Gasteiger partial charge in [0.05, 0.1) is 7.11 Å². The summed E-state index contributed by atoms with van der Waals surface area (Å²) in [5, 5.41) is 0. The minimum absolute atomic E-state index is 0.385. The molecular formula is C25H31NO. The summed E-state index contributed by atoms with van der Waals surface area (Å²) in [6.07, 6.45) is 8.12. The predicted octanol–water partition coefficient (Wildman–Crippen LogP) is 5.39. The van der Waals surface area contributed by atoms with Crippen LogP contribution in [0.25, 0.3) is 0 Å². The number of benzene rings is 2. The van der Waals surface area contributed by atoms with E-state index in [4.69, 9.17) is 4.74 Å². The largest absolute Gasteiger partial charge is 0.497 e. The third-order valence-corrected chi connectivity index (χ3v) is 7.51. The molecule has 5 rings (SSSR count). The van der Waals surface area contributed by atoms with Crippen LogP contribution < -0.4 is 4.74 Å². The van der Waals surface area contributed by atoms with Crippen LogP contribution in [-0.2, 0) is 5.41 Å². The van der Waals surface area contributed by atoms with E-state index in [2.05, 4.69) is 59.5 Å². The van der Waals surface area contributed by atoms with Gasteiger partial charge in [0.2, 0.25) is 0 Å². The van der Waals surface area contributed by atoms with Crippen LogP contribution in [-0.4, -0.2) is 31.1 Å². The van der Waals surface area contributed by atoms with Crippen LogP contribution in [0.4, 0.5) is 0 Å². The Kier molecular flexibility index (Phi) is 4.47. The number of methoxy groups -OCH3 is 1. The summed E-state index contributed by atoms with van der Waals surface area (Å²) < 4.78 is 5.51. The molecule has 1 saturated heterocycles. The fourth-order valence-electron chi connectivity index (χ4n) is 5.87. The van der Waals surface area contributed by atoms with Crippen LogP contribution in [0.1, 0.15) is 55.6 Å². The van der Waals surface area contributed by atoms with Crippen LogP contribution in [0.3, 0.4) is 0 Å². The maximum Gasteiger partial charge on any atom is 0.119 e. The smallest absolute Gasteiger partial charge is 0.119 e. The van der Waals surface area contributed by atoms with E-state index >= 15 is 0 Å². The molecule has 0 amide bonds. The Hall–Kier alpha value is -1.80. The normalized spacial score (nSPS) is 32.9. The standard InChI is InChI=1S/C25H31NO/c1-27-23-11-5-9-21(16-23)25-12-6-10-22(17-25)26(14-13-25)18-20-15-24(20)19-7-3-2-4-8-19/h2-5,7-9,11,16,20,22,24H,6,10,12-15,17-18H2,1H3/t20-,22-,24-,25+/m1/s1. The second-order valence-corrected chi connectivity index (χ2v) is 9.02. The van der Waals surface area contributed by atoms with Gasteiger partial charge in [0, 0.05) is 12.6 Å². The zero-order chi connectivity index (χ0) is 18.3. The lowest BCUT2D eigenvalue weighted by Crippen LogP contribution is -2.52. The van der Waals surface area contributed by atoms with Crippen molar-refractivity contribution in [2.75, 3.05) is 20.2 Å². The molecule has 1 aliphatic heterocycles. The third kappa shape index (κ3) is 3.29. The quantitative estimate of drug-likeness (QED) is 0.708. The molecule has 0 aromatic heterocycles. The Labute approximate surface area is 163 Å². The molecule has 1 heterocycles. The van der Waals surface area contributed by atoms with Crippen molar-refractivity contribution in [3.05, 3.63) is 65.7 Å². The molecule has 3 aliphatic rings. The van der Waals surface area contributed by atoms with E-state index in [1.54, 1.807) is 12.7 Å². The van der Waals surface area contributed by atoms with Crippen LogP contribution >= 0.6 is 0 Å². The molecule has 0 spiro atoms. The summed E-state index contributed by atoms with van der Waals surface area (Å²) in [5.74, 6) is 2.69. The Morgan fingerprint density at radius 2 is 1.96 bits per heavy atom. The average molecular weight is 362 g/mol. The van der Waals surface area contributed by atoms with E-state index in [1.165, 1.54) is 57.2 Å². The van der Waals surface area contributed by atoms with Gasteiger partial charge in [-0.25, -0.2) is 0 Å². The Morgan fingerprint density at radius 1 is 1.07 bits per heavy atom. The first-order valence-electron chi connectivity index (χ1n) is 10.7. The van der Waals surface area contributed by atoms with E-state index in [0.29, 0.717) is 5.41 Å². The van der Waals surface area contributed by atoms with E-state index in [0.717, 1.165) is 23.6 Å². The lowest BCUT2D eigenvalue weighted by atomic mass is 9.63. The van der Waals surface area contributed by atoms with Gasteiger partial charge in [0.25, 0.3) is 0 Å². The molecule has 2 aliphatic carbocycles. The number of rotatable bonds is 5. The molecule has 2 bridgehead atoms. The molecule has 0 N–H and O–H groups in total. The predicted molar refractivity (Wildman–Crippen MR) is 110 cm³/mol. The van der Waals surface area contributed by atoms with E-state index < -0.39 is 0 Å². The van der Waals surface area contributed by atoms with Gasteiger partial charge in [0.15, 0.2) is 0 Å². The lowest BCUT2D eigenvalue weighted by Gasteiger charge is -2.51. The van der Waals surface area contributed by atoms with Crippen molar-refractivity contribution in [1.82, 2.24) is 4.90 Å². The van der Waals surface area contributed by atoms with Crippen molar-refractivity contribution in [3.8, 4) is 5.75 Å². The van der Waals surface area contributed by atoms with Crippen molar-refractivity contribution in [2.24, 2.45) is 5.92 Å². The Balaban J connectivity index is 1.27. The summed E-state index contributed by atoms with van der Waals surface area (Å²) in [4.78, 5) is 2.84. The van der Waals surface area contributed by atoms with Crippen LogP contribution in [0.5, 0.6) is 5.75 Å². The molecule has 142 valence electrons. The Bertz CT molecular complexity index is 788. The number of piperidine rings is 1. The molecule has 0 unspecified atom stereocenters. The second-order valence-electron chi connectivity index (χ2n) is 9.02. The topological polar surface area (TPSA) is 12.5 Å². The van der Waals surface area contributed by atoms with Crippen molar-refractivity contribution in [2.45, 2.75) is 55.9 Å². The van der Waals surface area contributed by atoms with Gasteiger partial charge in [-0.15, -0.1) is 0 Å². The molecule has 2 aromatic carbocycles. The van der Waals surface area contributed by atoms with Gasteiger partial charge in [-0.3, -0.25) is 0 Å². The minimum atomic E-state index is 0.385. The highest BCUT2D eigenvalue weighted by molar-refractivity contribution is 5.35. The molecule has 0 radical (unpaired) electrons. The number of ether oxygens (including phenoxy) is 1. The molecule has 27 heavy (non-hydrogen) atoms. The summed E-state index contributed by atoms with van der Waals surface area (Å²) in [7, 11) is 1.78. The van der Waals surface area contributed by atoms with Crippen LogP contribution in [0, 0.1) is 5.92 Å². The van der Waals surface area contributed by atoms with E-state index in [1.807, 2.05) is 0 Å². The average Bonchev–Trinajstić information content (AvgIpc) is 3.50. The van der Waals surface area contributed by atoms with Crippen molar-refractivity contribution in [1.29, 1.82) is 0 Å². The first-order valence-corrected chi connectivity index (χ1v) is 10.7. The second kappa shape index (κ2) is 6.98. The maximum absolute atomic E-state index is 5.51. The minimum Gasteiger partial charge on any atom is -0.497 e. The maximum atomic E-state index is 5.51. The number of hydrogen-bond donors (Lipinski definition) is 0. The molecular weight excluding hydrogens is 330 g/mol. The van der Waals surface area contributed by atoms with Gasteiger partial charge < -0.3 is 9.64 Å². The van der Waals surface area contributed by atoms with Gasteiger partial charge in [-0.1, -0.05) is 48.9 Å². The van der Waals surface area contributed by atoms with Crippen molar-refractivity contribution in [3.63, 3.8) is 0 Å². The molecule has 2 aromatic rings. The first-order chi connectivity index (χ1) is 13.3. The number of hydrogen-bond acceptors (Lipinski definition) is 2. The van der Waals surface area contributed by atoms with Gasteiger partial charge in [-0.2, -0.15) is 0 Å². The molecule has 4 atom stereocenters. The zero-order valence-electron chi connectivity index (χ0n) is 16.4. The SMILES string of the molecule is COc1cccc([C@]23CCC[C@H](C2)N(C[C@H]2C[C@@H]2c2ccccc2)CC3)c1. The van der Waals surface area contributed by atoms with Gasteiger partial charge in [0.1, 0.15) is 5.75 Å². The summed E-state index contributed by atoms with van der Waals surface area (Å²) >= 11 is 0. The highest BCUT2D eigenvalue weighted by atomic mass is 16.5. The van der Waals surface area contributed by atoms with E-state index in [9.17, 15) is 0 Å². The molecule has 2 nitrogen and oxygen atoms in total. The van der Waals surface area contributed by atoms with Gasteiger partial charge in [-0.05, 0) is 79.2 Å². The lowest BCUT2D eigenvalue weighted by molar-refractivity contribution is 0.0478. The third-order valence-electron chi connectivity index (χ3n) is 7.51. The van der Waals surface area contributed by atoms with Crippen molar-refractivity contribution >= 4 is 0 Å². The summed E-state index contributed by atoms with van der Waals surface area (Å²) in [6, 6.07) is 20.8. The highest BCUT2D eigenvalue weighted by Crippen LogP contribution is 2.51. The molecule has 2 heteroatoms. The summed E-state index contributed by atoms with van der Waals surface area (Å²) in [5.41, 5.74) is 3.45.